The van der Waals surface area contributed by atoms with Gasteiger partial charge in [0.25, 0.3) is 0 Å². The summed E-state index contributed by atoms with van der Waals surface area (Å²) < 4.78 is 0. The maximum atomic E-state index is 11.6. The fourth-order valence-electron chi connectivity index (χ4n) is 1.43. The lowest BCUT2D eigenvalue weighted by molar-refractivity contribution is -0.142. The maximum absolute atomic E-state index is 11.6. The smallest absolute Gasteiger partial charge is 0.326 e. The Hall–Kier alpha value is -2.02. The Morgan fingerprint density at radius 1 is 1.15 bits per heavy atom. The van der Waals surface area contributed by atoms with E-state index in [1.165, 1.54) is 11.8 Å². The Kier molecular flexibility index (Phi) is 6.58. The number of rotatable bonds is 8. The molecule has 3 N–H and O–H groups in total. The summed E-state index contributed by atoms with van der Waals surface area (Å²) in [6.07, 6.45) is -0.435. The second-order valence-corrected chi connectivity index (χ2v) is 5.04. The Morgan fingerprint density at radius 2 is 1.80 bits per heavy atom. The van der Waals surface area contributed by atoms with E-state index in [1.807, 2.05) is 30.3 Å². The Morgan fingerprint density at radius 3 is 2.35 bits per heavy atom. The van der Waals surface area contributed by atoms with Gasteiger partial charge in [-0.25, -0.2) is 4.79 Å². The fraction of sp³-hybridized carbons (Fsp3) is 0.308. The molecule has 0 heterocycles. The quantitative estimate of drug-likeness (QED) is 0.623. The summed E-state index contributed by atoms with van der Waals surface area (Å²) in [5.74, 6) is -2.67. The van der Waals surface area contributed by atoms with Gasteiger partial charge in [0.1, 0.15) is 6.04 Å². The van der Waals surface area contributed by atoms with Crippen LogP contribution in [0.1, 0.15) is 12.8 Å². The maximum Gasteiger partial charge on any atom is 0.326 e. The van der Waals surface area contributed by atoms with Crippen molar-refractivity contribution in [1.82, 2.24) is 5.32 Å². The van der Waals surface area contributed by atoms with E-state index in [0.29, 0.717) is 0 Å². The van der Waals surface area contributed by atoms with Gasteiger partial charge in [-0.2, -0.15) is 0 Å². The zero-order valence-corrected chi connectivity index (χ0v) is 11.4. The van der Waals surface area contributed by atoms with Gasteiger partial charge in [-0.15, -0.1) is 11.8 Å². The highest BCUT2D eigenvalue weighted by Gasteiger charge is 2.20. The summed E-state index contributed by atoms with van der Waals surface area (Å²) in [5, 5.41) is 19.7. The van der Waals surface area contributed by atoms with Crippen LogP contribution < -0.4 is 5.32 Å². The molecule has 20 heavy (non-hydrogen) atoms. The first-order chi connectivity index (χ1) is 9.49. The van der Waals surface area contributed by atoms with E-state index in [2.05, 4.69) is 5.32 Å². The van der Waals surface area contributed by atoms with Crippen LogP contribution in [0.25, 0.3) is 0 Å². The van der Waals surface area contributed by atoms with Gasteiger partial charge >= 0.3 is 11.9 Å². The molecule has 1 aromatic rings. The minimum atomic E-state index is -1.23. The lowest BCUT2D eigenvalue weighted by atomic mass is 10.1. The van der Waals surface area contributed by atoms with E-state index in [-0.39, 0.29) is 18.6 Å². The predicted octanol–water partition coefficient (Wildman–Crippen LogP) is 1.21. The molecule has 1 atom stereocenters. The molecular weight excluding hydrogens is 282 g/mol. The topological polar surface area (TPSA) is 104 Å². The SMILES string of the molecule is O=C(O)CC[C@H](NC(=O)CSc1ccccc1)C(=O)O. The molecule has 1 aromatic carbocycles. The molecule has 0 fully saturated rings. The third-order valence-electron chi connectivity index (χ3n) is 2.39. The molecule has 1 rings (SSSR count). The molecule has 0 saturated carbocycles. The number of carbonyl (C=O) groups is 3. The number of carboxylic acids is 2. The van der Waals surface area contributed by atoms with Crippen LogP contribution in [0.2, 0.25) is 0 Å². The number of amides is 1. The molecule has 108 valence electrons. The van der Waals surface area contributed by atoms with E-state index in [4.69, 9.17) is 10.2 Å². The molecule has 0 saturated heterocycles. The number of hydrogen-bond acceptors (Lipinski definition) is 4. The zero-order chi connectivity index (χ0) is 15.0. The predicted molar refractivity (Wildman–Crippen MR) is 73.6 cm³/mol. The van der Waals surface area contributed by atoms with Crippen LogP contribution in [-0.2, 0) is 14.4 Å². The van der Waals surface area contributed by atoms with Gasteiger partial charge in [0.15, 0.2) is 0 Å². The van der Waals surface area contributed by atoms with Crippen molar-refractivity contribution in [3.05, 3.63) is 30.3 Å². The number of hydrogen-bond donors (Lipinski definition) is 3. The van der Waals surface area contributed by atoms with Crippen molar-refractivity contribution in [2.45, 2.75) is 23.8 Å². The van der Waals surface area contributed by atoms with Crippen LogP contribution in [-0.4, -0.2) is 39.9 Å². The summed E-state index contributed by atoms with van der Waals surface area (Å²) in [4.78, 5) is 33.9. The lowest BCUT2D eigenvalue weighted by Gasteiger charge is -2.13. The number of carbonyl (C=O) groups excluding carboxylic acids is 1. The van der Waals surface area contributed by atoms with Crippen molar-refractivity contribution < 1.29 is 24.6 Å². The minimum Gasteiger partial charge on any atom is -0.481 e. The van der Waals surface area contributed by atoms with Crippen molar-refractivity contribution >= 4 is 29.6 Å². The van der Waals surface area contributed by atoms with Crippen LogP contribution in [0.3, 0.4) is 0 Å². The second kappa shape index (κ2) is 8.21. The van der Waals surface area contributed by atoms with Gasteiger partial charge in [0, 0.05) is 11.3 Å². The van der Waals surface area contributed by atoms with Gasteiger partial charge in [0.05, 0.1) is 5.75 Å². The highest BCUT2D eigenvalue weighted by Crippen LogP contribution is 2.16. The van der Waals surface area contributed by atoms with Crippen molar-refractivity contribution in [3.63, 3.8) is 0 Å². The molecule has 6 nitrogen and oxygen atoms in total. The van der Waals surface area contributed by atoms with Crippen LogP contribution in [0.4, 0.5) is 0 Å². The van der Waals surface area contributed by atoms with Crippen LogP contribution >= 0.6 is 11.8 Å². The fourth-order valence-corrected chi connectivity index (χ4v) is 2.16. The molecule has 0 aliphatic carbocycles. The number of nitrogens with one attached hydrogen (secondary N) is 1. The highest BCUT2D eigenvalue weighted by molar-refractivity contribution is 8.00. The van der Waals surface area contributed by atoms with Crippen molar-refractivity contribution in [3.8, 4) is 0 Å². The van der Waals surface area contributed by atoms with E-state index in [0.717, 1.165) is 4.90 Å². The molecule has 0 radical (unpaired) electrons. The van der Waals surface area contributed by atoms with Gasteiger partial charge in [0.2, 0.25) is 5.91 Å². The summed E-state index contributed by atoms with van der Waals surface area (Å²) in [7, 11) is 0. The third kappa shape index (κ3) is 6.24. The van der Waals surface area contributed by atoms with Crippen LogP contribution in [0, 0.1) is 0 Å². The highest BCUT2D eigenvalue weighted by atomic mass is 32.2. The number of benzene rings is 1. The average Bonchev–Trinajstić information content (AvgIpc) is 2.41. The molecular formula is C13H15NO5S. The number of thioether (sulfide) groups is 1. The van der Waals surface area contributed by atoms with Crippen molar-refractivity contribution in [2.75, 3.05) is 5.75 Å². The van der Waals surface area contributed by atoms with Gasteiger partial charge < -0.3 is 15.5 Å². The average molecular weight is 297 g/mol. The van der Waals surface area contributed by atoms with Crippen LogP contribution in [0.5, 0.6) is 0 Å². The van der Waals surface area contributed by atoms with E-state index >= 15 is 0 Å². The second-order valence-electron chi connectivity index (χ2n) is 3.99. The zero-order valence-electron chi connectivity index (χ0n) is 10.6. The summed E-state index contributed by atoms with van der Waals surface area (Å²) >= 11 is 1.29. The largest absolute Gasteiger partial charge is 0.481 e. The van der Waals surface area contributed by atoms with E-state index in [9.17, 15) is 14.4 Å². The standard InChI is InChI=1S/C13H15NO5S/c15-11(8-20-9-4-2-1-3-5-9)14-10(13(18)19)6-7-12(16)17/h1-5,10H,6-8H2,(H,14,15)(H,16,17)(H,18,19)/t10-/m0/s1. The third-order valence-corrected chi connectivity index (χ3v) is 3.41. The Bertz CT molecular complexity index is 477. The van der Waals surface area contributed by atoms with E-state index < -0.39 is 23.9 Å². The van der Waals surface area contributed by atoms with E-state index in [1.54, 1.807) is 0 Å². The molecule has 1 amide bonds. The molecule has 0 unspecified atom stereocenters. The lowest BCUT2D eigenvalue weighted by Crippen LogP contribution is -2.41. The molecule has 0 bridgehead atoms. The Labute approximate surface area is 120 Å². The molecule has 0 aliphatic rings. The first kappa shape index (κ1) is 16.0. The normalized spacial score (nSPS) is 11.6. The van der Waals surface area contributed by atoms with Crippen molar-refractivity contribution in [2.24, 2.45) is 0 Å². The summed E-state index contributed by atoms with van der Waals surface area (Å²) in [6.45, 7) is 0. The molecule has 0 aromatic heterocycles. The molecule has 7 heteroatoms. The number of aliphatic carboxylic acids is 2. The molecule has 0 spiro atoms. The summed E-state index contributed by atoms with van der Waals surface area (Å²) in [6, 6.07) is 8.06. The van der Waals surface area contributed by atoms with Gasteiger partial charge in [-0.3, -0.25) is 9.59 Å². The van der Waals surface area contributed by atoms with Crippen molar-refractivity contribution in [1.29, 1.82) is 0 Å². The monoisotopic (exact) mass is 297 g/mol. The number of carboxylic acid groups (broad SMARTS) is 2. The Balaban J connectivity index is 2.41. The first-order valence-corrected chi connectivity index (χ1v) is 6.89. The summed E-state index contributed by atoms with van der Waals surface area (Å²) in [5.41, 5.74) is 0. The van der Waals surface area contributed by atoms with Crippen LogP contribution in [0.15, 0.2) is 35.2 Å². The first-order valence-electron chi connectivity index (χ1n) is 5.91. The minimum absolute atomic E-state index is 0.0842. The molecule has 0 aliphatic heterocycles. The van der Waals surface area contributed by atoms with Gasteiger partial charge in [-0.1, -0.05) is 18.2 Å². The van der Waals surface area contributed by atoms with Gasteiger partial charge in [-0.05, 0) is 18.6 Å².